The predicted molar refractivity (Wildman–Crippen MR) is 73.0 cm³/mol. The Bertz CT molecular complexity index is 334. The molecule has 0 spiro atoms. The Hall–Kier alpha value is -0.860. The van der Waals surface area contributed by atoms with Crippen molar-refractivity contribution in [2.75, 3.05) is 19.6 Å². The average Bonchev–Trinajstić information content (AvgIpc) is 2.30. The summed E-state index contributed by atoms with van der Waals surface area (Å²) in [7, 11) is 0. The Morgan fingerprint density at radius 2 is 1.88 bits per heavy atom. The fourth-order valence-corrected chi connectivity index (χ4v) is 2.80. The summed E-state index contributed by atoms with van der Waals surface area (Å²) in [6, 6.07) is 12.1. The minimum Gasteiger partial charge on any atom is -0.296 e. The first-order chi connectivity index (χ1) is 8.16. The van der Waals surface area contributed by atoms with Crippen molar-refractivity contribution in [1.82, 2.24) is 9.80 Å². The molecule has 0 saturated carbocycles. The van der Waals surface area contributed by atoms with Gasteiger partial charge in [-0.05, 0) is 26.3 Å². The number of benzene rings is 1. The third kappa shape index (κ3) is 3.30. The van der Waals surface area contributed by atoms with Gasteiger partial charge >= 0.3 is 0 Å². The van der Waals surface area contributed by atoms with Crippen molar-refractivity contribution >= 4 is 0 Å². The molecule has 1 aromatic rings. The normalized spacial score (nSPS) is 23.2. The smallest absolute Gasteiger partial charge is 0.0234 e. The van der Waals surface area contributed by atoms with Crippen LogP contribution in [0.2, 0.25) is 0 Å². The molecule has 0 unspecified atom stereocenters. The van der Waals surface area contributed by atoms with E-state index in [9.17, 15) is 0 Å². The van der Waals surface area contributed by atoms with E-state index in [4.69, 9.17) is 0 Å². The molecule has 1 saturated heterocycles. The molecule has 0 bridgehead atoms. The molecule has 0 N–H and O–H groups in total. The second-order valence-corrected chi connectivity index (χ2v) is 5.40. The van der Waals surface area contributed by atoms with E-state index in [1.54, 1.807) is 0 Å². The maximum atomic E-state index is 2.60. The Morgan fingerprint density at radius 3 is 2.47 bits per heavy atom. The van der Waals surface area contributed by atoms with Gasteiger partial charge in [-0.15, -0.1) is 0 Å². The van der Waals surface area contributed by atoms with Crippen molar-refractivity contribution in [2.24, 2.45) is 0 Å². The van der Waals surface area contributed by atoms with Gasteiger partial charge in [0.15, 0.2) is 0 Å². The molecule has 1 heterocycles. The van der Waals surface area contributed by atoms with Gasteiger partial charge in [0.2, 0.25) is 0 Å². The summed E-state index contributed by atoms with van der Waals surface area (Å²) in [4.78, 5) is 5.17. The van der Waals surface area contributed by atoms with Crippen LogP contribution in [0.1, 0.15) is 26.3 Å². The van der Waals surface area contributed by atoms with E-state index in [1.165, 1.54) is 25.2 Å². The van der Waals surface area contributed by atoms with Crippen LogP contribution in [0.4, 0.5) is 0 Å². The zero-order valence-corrected chi connectivity index (χ0v) is 11.3. The Morgan fingerprint density at radius 1 is 1.18 bits per heavy atom. The van der Waals surface area contributed by atoms with Crippen molar-refractivity contribution in [3.05, 3.63) is 35.9 Å². The van der Waals surface area contributed by atoms with Crippen molar-refractivity contribution in [1.29, 1.82) is 0 Å². The van der Waals surface area contributed by atoms with Gasteiger partial charge in [0.05, 0.1) is 0 Å². The summed E-state index contributed by atoms with van der Waals surface area (Å²) in [6.07, 6.45) is 0. The summed E-state index contributed by atoms with van der Waals surface area (Å²) in [5.74, 6) is 0. The first kappa shape index (κ1) is 12.6. The molecule has 1 fully saturated rings. The van der Waals surface area contributed by atoms with Crippen LogP contribution in [0.3, 0.4) is 0 Å². The minimum atomic E-state index is 0.670. The van der Waals surface area contributed by atoms with E-state index in [0.717, 1.165) is 6.54 Å². The Balaban J connectivity index is 1.90. The predicted octanol–water partition coefficient (Wildman–Crippen LogP) is 2.60. The highest BCUT2D eigenvalue weighted by molar-refractivity contribution is 5.14. The molecule has 0 amide bonds. The van der Waals surface area contributed by atoms with E-state index >= 15 is 0 Å². The maximum Gasteiger partial charge on any atom is 0.0234 e. The summed E-state index contributed by atoms with van der Waals surface area (Å²) >= 11 is 0. The van der Waals surface area contributed by atoms with Crippen molar-refractivity contribution in [3.8, 4) is 0 Å². The highest BCUT2D eigenvalue weighted by Crippen LogP contribution is 2.15. The third-order valence-corrected chi connectivity index (χ3v) is 3.68. The van der Waals surface area contributed by atoms with Gasteiger partial charge < -0.3 is 0 Å². The lowest BCUT2D eigenvalue weighted by molar-refractivity contribution is 0.0564. The van der Waals surface area contributed by atoms with Crippen molar-refractivity contribution < 1.29 is 0 Å². The minimum absolute atomic E-state index is 0.670. The summed E-state index contributed by atoms with van der Waals surface area (Å²) in [5.41, 5.74) is 1.43. The van der Waals surface area contributed by atoms with Gasteiger partial charge in [-0.2, -0.15) is 0 Å². The van der Waals surface area contributed by atoms with Gasteiger partial charge in [-0.1, -0.05) is 30.3 Å². The maximum absolute atomic E-state index is 2.60. The number of hydrogen-bond donors (Lipinski definition) is 0. The first-order valence-corrected chi connectivity index (χ1v) is 6.69. The van der Waals surface area contributed by atoms with Crippen LogP contribution in [-0.2, 0) is 6.54 Å². The molecule has 2 nitrogen and oxygen atoms in total. The second kappa shape index (κ2) is 5.65. The lowest BCUT2D eigenvalue weighted by Gasteiger charge is -2.42. The van der Waals surface area contributed by atoms with Crippen LogP contribution in [0.5, 0.6) is 0 Å². The van der Waals surface area contributed by atoms with Crippen molar-refractivity contribution in [2.45, 2.75) is 39.4 Å². The summed E-state index contributed by atoms with van der Waals surface area (Å²) < 4.78 is 0. The molecule has 17 heavy (non-hydrogen) atoms. The molecule has 1 aliphatic heterocycles. The first-order valence-electron chi connectivity index (χ1n) is 6.69. The standard InChI is InChI=1S/C15H24N2/c1-13(2)17-10-9-16(11-14(17)3)12-15-7-5-4-6-8-15/h4-8,13-14H,9-12H2,1-3H3/t14-/m0/s1. The van der Waals surface area contributed by atoms with E-state index in [0.29, 0.717) is 12.1 Å². The van der Waals surface area contributed by atoms with Crippen LogP contribution in [0.15, 0.2) is 30.3 Å². The molecule has 0 aliphatic carbocycles. The molecule has 1 aliphatic rings. The van der Waals surface area contributed by atoms with E-state index < -0.39 is 0 Å². The van der Waals surface area contributed by atoms with E-state index in [-0.39, 0.29) is 0 Å². The van der Waals surface area contributed by atoms with E-state index in [1.807, 2.05) is 0 Å². The van der Waals surface area contributed by atoms with Gasteiger partial charge in [-0.3, -0.25) is 9.80 Å². The van der Waals surface area contributed by atoms with Gasteiger partial charge in [0, 0.05) is 38.3 Å². The molecule has 1 aromatic carbocycles. The highest BCUT2D eigenvalue weighted by atomic mass is 15.3. The van der Waals surface area contributed by atoms with Gasteiger partial charge in [0.25, 0.3) is 0 Å². The number of rotatable bonds is 3. The van der Waals surface area contributed by atoms with Crippen LogP contribution >= 0.6 is 0 Å². The summed E-state index contributed by atoms with van der Waals surface area (Å²) in [5, 5.41) is 0. The van der Waals surface area contributed by atoms with E-state index in [2.05, 4.69) is 60.9 Å². The zero-order chi connectivity index (χ0) is 12.3. The molecule has 0 aromatic heterocycles. The third-order valence-electron chi connectivity index (χ3n) is 3.68. The van der Waals surface area contributed by atoms with Crippen molar-refractivity contribution in [3.63, 3.8) is 0 Å². The average molecular weight is 232 g/mol. The number of hydrogen-bond acceptors (Lipinski definition) is 2. The van der Waals surface area contributed by atoms with Gasteiger partial charge in [0.1, 0.15) is 0 Å². The SMILES string of the molecule is CC(C)N1CCN(Cc2ccccc2)C[C@@H]1C. The largest absolute Gasteiger partial charge is 0.296 e. The molecular formula is C15H24N2. The second-order valence-electron chi connectivity index (χ2n) is 5.40. The highest BCUT2D eigenvalue weighted by Gasteiger charge is 2.24. The van der Waals surface area contributed by atoms with Crippen LogP contribution in [0.25, 0.3) is 0 Å². The van der Waals surface area contributed by atoms with Crippen LogP contribution in [-0.4, -0.2) is 41.5 Å². The van der Waals surface area contributed by atoms with Crippen LogP contribution < -0.4 is 0 Å². The molecule has 1 atom stereocenters. The molecular weight excluding hydrogens is 208 g/mol. The number of nitrogens with zero attached hydrogens (tertiary/aromatic N) is 2. The van der Waals surface area contributed by atoms with Gasteiger partial charge in [-0.25, -0.2) is 0 Å². The fraction of sp³-hybridized carbons (Fsp3) is 0.600. The lowest BCUT2D eigenvalue weighted by atomic mass is 10.1. The quantitative estimate of drug-likeness (QED) is 0.790. The Kier molecular flexibility index (Phi) is 4.19. The zero-order valence-electron chi connectivity index (χ0n) is 11.3. The molecule has 0 radical (unpaired) electrons. The van der Waals surface area contributed by atoms with Crippen LogP contribution in [0, 0.1) is 0 Å². The molecule has 2 heteroatoms. The Labute approximate surface area is 105 Å². The fourth-order valence-electron chi connectivity index (χ4n) is 2.80. The lowest BCUT2D eigenvalue weighted by Crippen LogP contribution is -2.53. The number of piperazine rings is 1. The monoisotopic (exact) mass is 232 g/mol. The summed E-state index contributed by atoms with van der Waals surface area (Å²) in [6.45, 7) is 11.6. The topological polar surface area (TPSA) is 6.48 Å². The molecule has 94 valence electrons. The molecule has 2 rings (SSSR count).